The van der Waals surface area contributed by atoms with Crippen molar-refractivity contribution in [3.63, 3.8) is 0 Å². The van der Waals surface area contributed by atoms with E-state index in [1.165, 1.54) is 25.7 Å². The van der Waals surface area contributed by atoms with Crippen LogP contribution >= 0.6 is 0 Å². The van der Waals surface area contributed by atoms with E-state index >= 15 is 0 Å². The summed E-state index contributed by atoms with van der Waals surface area (Å²) >= 11 is 0. The van der Waals surface area contributed by atoms with Crippen LogP contribution in [0, 0.1) is 35.5 Å². The third-order valence-electron chi connectivity index (χ3n) is 13.4. The van der Waals surface area contributed by atoms with Crippen molar-refractivity contribution in [2.24, 2.45) is 35.5 Å². The highest BCUT2D eigenvalue weighted by molar-refractivity contribution is 6.07. The van der Waals surface area contributed by atoms with Gasteiger partial charge >= 0.3 is 0 Å². The number of hydrogen-bond donors (Lipinski definition) is 4. The zero-order valence-electron chi connectivity index (χ0n) is 31.6. The monoisotopic (exact) mass is 748 g/mol. The second-order valence-electron chi connectivity index (χ2n) is 16.2. The number of amides is 4. The Bertz CT molecular complexity index is 2100. The average Bonchev–Trinajstić information content (AvgIpc) is 3.25. The number of carbonyl (C=O) groups excluding carboxylic acids is 4. The van der Waals surface area contributed by atoms with Crippen molar-refractivity contribution in [3.8, 4) is 0 Å². The number of fused-ring (bicyclic) bond motifs is 10. The van der Waals surface area contributed by atoms with Crippen LogP contribution in [0.5, 0.6) is 0 Å². The van der Waals surface area contributed by atoms with Gasteiger partial charge < -0.3 is 21.3 Å². The van der Waals surface area contributed by atoms with E-state index in [-0.39, 0.29) is 59.5 Å². The molecule has 4 amide bonds. The summed E-state index contributed by atoms with van der Waals surface area (Å²) in [6, 6.07) is 26.0. The van der Waals surface area contributed by atoms with Crippen molar-refractivity contribution in [2.75, 3.05) is 13.1 Å². The molecule has 9 rings (SSSR count). The van der Waals surface area contributed by atoms with Gasteiger partial charge in [0.1, 0.15) is 22.8 Å². The van der Waals surface area contributed by atoms with E-state index in [2.05, 4.69) is 31.2 Å². The van der Waals surface area contributed by atoms with Gasteiger partial charge in [-0.05, 0) is 118 Å². The molecule has 0 saturated heterocycles. The Hall–Kier alpha value is -5.64. The number of nitrogens with zero attached hydrogens (tertiary/aromatic N) is 2. The predicted octanol–water partition coefficient (Wildman–Crippen LogP) is 6.98. The van der Waals surface area contributed by atoms with Crippen molar-refractivity contribution < 1.29 is 19.2 Å². The molecule has 1 aliphatic heterocycles. The van der Waals surface area contributed by atoms with Gasteiger partial charge in [-0.25, -0.2) is 9.97 Å². The maximum Gasteiger partial charge on any atom is 0.270 e. The van der Waals surface area contributed by atoms with Crippen LogP contribution in [0.25, 0.3) is 21.5 Å². The quantitative estimate of drug-likeness (QED) is 0.126. The first-order valence-corrected chi connectivity index (χ1v) is 20.4. The highest BCUT2D eigenvalue weighted by Crippen LogP contribution is 2.55. The molecule has 2 unspecified atom stereocenters. The number of nitrogens with one attached hydrogen (secondary N) is 4. The number of carbonyl (C=O) groups is 4. The Morgan fingerprint density at radius 2 is 0.679 bits per heavy atom. The lowest BCUT2D eigenvalue weighted by Crippen LogP contribution is -2.54. The van der Waals surface area contributed by atoms with E-state index in [0.29, 0.717) is 48.6 Å². The van der Waals surface area contributed by atoms with E-state index < -0.39 is 0 Å². The standard InChI is InChI=1S/C46H48N6O4/c53-43-39-19-9-21-41(51-39)45(55)49-25-37-31-15-5-7-17-33(31)38(34-18-8-6-16-32(34)37)26-50-46(56)42-22-10-20-40(52-42)44(54)48-24-36-28-12-2-1-11-27(28)35(23-47-43)29-13-3-4-14-30(29)36/h1-4,9-14,19-22,31-34,37-38H,5-8,15-18,23-26H2,(H,47,53)(H,48,54)(H,49,55)(H,50,56)/t31-,32+,33+,34-,37?,38?. The molecule has 8 bridgehead atoms. The van der Waals surface area contributed by atoms with Crippen molar-refractivity contribution >= 4 is 45.2 Å². The second kappa shape index (κ2) is 15.5. The summed E-state index contributed by atoms with van der Waals surface area (Å²) in [5.41, 5.74) is 2.71. The summed E-state index contributed by atoms with van der Waals surface area (Å²) in [4.78, 5) is 64.0. The minimum atomic E-state index is -0.360. The molecule has 3 aliphatic carbocycles. The number of rotatable bonds is 0. The Labute approximate surface area is 326 Å². The fourth-order valence-electron chi connectivity index (χ4n) is 10.9. The lowest BCUT2D eigenvalue weighted by atomic mass is 9.50. The number of aromatic nitrogens is 2. The molecule has 6 atom stereocenters. The Morgan fingerprint density at radius 1 is 0.375 bits per heavy atom. The van der Waals surface area contributed by atoms with Crippen LogP contribution in [0.3, 0.4) is 0 Å². The van der Waals surface area contributed by atoms with Crippen LogP contribution in [-0.4, -0.2) is 46.7 Å². The Kier molecular flexibility index (Phi) is 9.96. The van der Waals surface area contributed by atoms with Gasteiger partial charge in [-0.3, -0.25) is 19.2 Å². The number of hydrogen-bond acceptors (Lipinski definition) is 6. The lowest BCUT2D eigenvalue weighted by Gasteiger charge is -2.56. The van der Waals surface area contributed by atoms with Gasteiger partial charge in [-0.2, -0.15) is 0 Å². The third-order valence-corrected chi connectivity index (χ3v) is 13.4. The molecule has 286 valence electrons. The van der Waals surface area contributed by atoms with Crippen molar-refractivity contribution in [2.45, 2.75) is 64.5 Å². The van der Waals surface area contributed by atoms with Gasteiger partial charge in [-0.15, -0.1) is 0 Å². The van der Waals surface area contributed by atoms with E-state index in [4.69, 9.17) is 0 Å². The van der Waals surface area contributed by atoms with E-state index in [1.54, 1.807) is 36.4 Å². The molecule has 3 saturated carbocycles. The van der Waals surface area contributed by atoms with Crippen molar-refractivity contribution in [1.82, 2.24) is 31.2 Å². The number of benzene rings is 3. The maximum absolute atomic E-state index is 13.8. The second-order valence-corrected chi connectivity index (χ2v) is 16.2. The van der Waals surface area contributed by atoms with Crippen molar-refractivity contribution in [3.05, 3.63) is 119 Å². The van der Waals surface area contributed by atoms with Crippen LogP contribution in [0.2, 0.25) is 0 Å². The molecule has 2 aromatic heterocycles. The Balaban J connectivity index is 1.08. The molecule has 5 aromatic rings. The third kappa shape index (κ3) is 6.79. The molecule has 4 N–H and O–H groups in total. The fourth-order valence-corrected chi connectivity index (χ4v) is 10.9. The van der Waals surface area contributed by atoms with Gasteiger partial charge in [0.2, 0.25) is 0 Å². The Morgan fingerprint density at radius 3 is 1.00 bits per heavy atom. The van der Waals surface area contributed by atoms with E-state index in [9.17, 15) is 19.2 Å². The van der Waals surface area contributed by atoms with Crippen LogP contribution in [0.1, 0.15) is 104 Å². The van der Waals surface area contributed by atoms with E-state index in [1.807, 2.05) is 48.5 Å². The summed E-state index contributed by atoms with van der Waals surface area (Å²) < 4.78 is 0. The first kappa shape index (κ1) is 36.0. The van der Waals surface area contributed by atoms with Crippen LogP contribution in [-0.2, 0) is 13.1 Å². The van der Waals surface area contributed by atoms with E-state index in [0.717, 1.165) is 58.4 Å². The smallest absolute Gasteiger partial charge is 0.270 e. The molecular formula is C46H48N6O4. The van der Waals surface area contributed by atoms with Crippen LogP contribution in [0.4, 0.5) is 0 Å². The zero-order valence-corrected chi connectivity index (χ0v) is 31.6. The van der Waals surface area contributed by atoms with Gasteiger partial charge in [0.15, 0.2) is 0 Å². The van der Waals surface area contributed by atoms with Gasteiger partial charge in [-0.1, -0.05) is 86.3 Å². The molecule has 3 heterocycles. The predicted molar refractivity (Wildman–Crippen MR) is 215 cm³/mol. The van der Waals surface area contributed by atoms with Gasteiger partial charge in [0, 0.05) is 26.2 Å². The molecule has 3 aromatic carbocycles. The van der Waals surface area contributed by atoms with Crippen LogP contribution < -0.4 is 21.3 Å². The summed E-state index contributed by atoms with van der Waals surface area (Å²) in [6.45, 7) is 1.62. The normalized spacial score (nSPS) is 26.1. The first-order chi connectivity index (χ1) is 27.4. The largest absolute Gasteiger partial charge is 0.350 e. The summed E-state index contributed by atoms with van der Waals surface area (Å²) in [7, 11) is 0. The topological polar surface area (TPSA) is 142 Å². The first-order valence-electron chi connectivity index (χ1n) is 20.4. The SMILES string of the molecule is O=C1NCc2c3ccccc3c(c3ccccc23)CNC(=O)c2cccc(n2)C(=O)NCC2[C@H]3CCCC[C@H]3C(CNC(=O)c3cccc1n3)[C@H]1CCCC[C@@H]21. The minimum Gasteiger partial charge on any atom is -0.350 e. The zero-order chi connectivity index (χ0) is 38.2. The molecule has 0 radical (unpaired) electrons. The molecule has 0 spiro atoms. The summed E-state index contributed by atoms with van der Waals surface area (Å²) in [5.74, 6) is 1.29. The molecule has 4 aliphatic rings. The van der Waals surface area contributed by atoms with Gasteiger partial charge in [0.05, 0.1) is 0 Å². The summed E-state index contributed by atoms with van der Waals surface area (Å²) in [5, 5.41) is 16.5. The van der Waals surface area contributed by atoms with Crippen molar-refractivity contribution in [1.29, 1.82) is 0 Å². The molecular weight excluding hydrogens is 701 g/mol. The minimum absolute atomic E-state index is 0.187. The summed E-state index contributed by atoms with van der Waals surface area (Å²) in [6.07, 6.45) is 9.20. The maximum atomic E-state index is 13.8. The molecule has 3 fully saturated rings. The molecule has 10 nitrogen and oxygen atoms in total. The number of pyridine rings is 2. The lowest BCUT2D eigenvalue weighted by molar-refractivity contribution is -0.0585. The van der Waals surface area contributed by atoms with Crippen LogP contribution in [0.15, 0.2) is 84.9 Å². The van der Waals surface area contributed by atoms with Gasteiger partial charge in [0.25, 0.3) is 23.6 Å². The molecule has 10 heteroatoms. The highest BCUT2D eigenvalue weighted by Gasteiger charge is 2.51. The average molecular weight is 749 g/mol. The molecule has 56 heavy (non-hydrogen) atoms. The highest BCUT2D eigenvalue weighted by atomic mass is 16.2. The fraction of sp³-hybridized carbons (Fsp3) is 0.391.